The first kappa shape index (κ1) is 13.3. The summed E-state index contributed by atoms with van der Waals surface area (Å²) in [5.74, 6) is -0.0662. The van der Waals surface area contributed by atoms with E-state index in [9.17, 15) is 5.11 Å². The van der Waals surface area contributed by atoms with E-state index in [0.717, 1.165) is 5.56 Å². The van der Waals surface area contributed by atoms with E-state index in [1.807, 2.05) is 0 Å². The molecule has 2 rings (SSSR count). The van der Waals surface area contributed by atoms with Crippen molar-refractivity contribution in [1.82, 2.24) is 4.98 Å². The monoisotopic (exact) mass is 270 g/mol. The van der Waals surface area contributed by atoms with Crippen LogP contribution in [0.15, 0.2) is 52.6 Å². The highest BCUT2D eigenvalue weighted by Gasteiger charge is 2.04. The Bertz CT molecular complexity index is 659. The van der Waals surface area contributed by atoms with Gasteiger partial charge in [0.25, 0.3) is 0 Å². The van der Waals surface area contributed by atoms with E-state index in [1.54, 1.807) is 42.6 Å². The molecule has 0 fully saturated rings. The lowest BCUT2D eigenvalue weighted by atomic mass is 10.1. The van der Waals surface area contributed by atoms with Gasteiger partial charge in [-0.3, -0.25) is 4.98 Å². The Hall–Kier alpha value is -3.09. The molecule has 1 heterocycles. The molecule has 102 valence electrons. The summed E-state index contributed by atoms with van der Waals surface area (Å²) in [6.45, 7) is 0. The molecule has 7 N–H and O–H groups in total. The number of pyridine rings is 1. The second-order valence-corrected chi connectivity index (χ2v) is 3.92. The van der Waals surface area contributed by atoms with Gasteiger partial charge in [0.05, 0.1) is 5.69 Å². The normalized spacial score (nSPS) is 11.1. The highest BCUT2D eigenvalue weighted by Crippen LogP contribution is 2.27. The van der Waals surface area contributed by atoms with Crippen molar-refractivity contribution in [2.45, 2.75) is 0 Å². The molecule has 0 aliphatic rings. The fraction of sp³-hybridized carbons (Fsp3) is 0. The van der Waals surface area contributed by atoms with E-state index in [0.29, 0.717) is 11.4 Å². The third-order valence-electron chi connectivity index (χ3n) is 2.41. The van der Waals surface area contributed by atoms with Gasteiger partial charge in [0.2, 0.25) is 5.96 Å². The first-order valence-corrected chi connectivity index (χ1v) is 5.74. The lowest BCUT2D eigenvalue weighted by molar-refractivity contribution is 0.475. The molecule has 7 nitrogen and oxygen atoms in total. The van der Waals surface area contributed by atoms with Crippen molar-refractivity contribution >= 4 is 17.6 Å². The minimum absolute atomic E-state index is 0.0292. The SMILES string of the molecule is NC(N)=NC(N)=Nc1ccc(-c2ncccc2O)cc1. The summed E-state index contributed by atoms with van der Waals surface area (Å²) in [7, 11) is 0. The number of aliphatic imine (C=N–C) groups is 2. The molecular weight excluding hydrogens is 256 g/mol. The van der Waals surface area contributed by atoms with E-state index in [4.69, 9.17) is 17.2 Å². The predicted octanol–water partition coefficient (Wildman–Crippen LogP) is 0.674. The van der Waals surface area contributed by atoms with Gasteiger partial charge in [-0.2, -0.15) is 4.99 Å². The van der Waals surface area contributed by atoms with E-state index in [1.165, 1.54) is 0 Å². The van der Waals surface area contributed by atoms with E-state index < -0.39 is 0 Å². The van der Waals surface area contributed by atoms with E-state index in [-0.39, 0.29) is 17.7 Å². The van der Waals surface area contributed by atoms with Crippen molar-refractivity contribution in [3.8, 4) is 17.0 Å². The van der Waals surface area contributed by atoms with Gasteiger partial charge < -0.3 is 22.3 Å². The zero-order chi connectivity index (χ0) is 14.5. The molecule has 0 saturated carbocycles. The van der Waals surface area contributed by atoms with Gasteiger partial charge >= 0.3 is 0 Å². The number of rotatable bonds is 2. The molecular formula is C13H14N6O. The third kappa shape index (κ3) is 3.22. The maximum Gasteiger partial charge on any atom is 0.223 e. The van der Waals surface area contributed by atoms with Crippen LogP contribution in [0.5, 0.6) is 5.75 Å². The summed E-state index contributed by atoms with van der Waals surface area (Å²) in [5.41, 5.74) is 17.8. The summed E-state index contributed by atoms with van der Waals surface area (Å²) in [4.78, 5) is 11.7. The van der Waals surface area contributed by atoms with Crippen LogP contribution in [0.1, 0.15) is 0 Å². The number of benzene rings is 1. The number of nitrogens with zero attached hydrogens (tertiary/aromatic N) is 3. The zero-order valence-corrected chi connectivity index (χ0v) is 10.6. The number of aromatic nitrogens is 1. The number of hydrogen-bond donors (Lipinski definition) is 4. The first-order chi connectivity index (χ1) is 9.56. The van der Waals surface area contributed by atoms with Crippen molar-refractivity contribution in [3.05, 3.63) is 42.6 Å². The predicted molar refractivity (Wildman–Crippen MR) is 78.4 cm³/mol. The molecule has 0 unspecified atom stereocenters. The molecule has 1 aromatic heterocycles. The number of aromatic hydroxyl groups is 1. The Morgan fingerprint density at radius 1 is 1.05 bits per heavy atom. The molecule has 1 aromatic carbocycles. The summed E-state index contributed by atoms with van der Waals surface area (Å²) in [6, 6.07) is 10.2. The minimum atomic E-state index is -0.152. The lowest BCUT2D eigenvalue weighted by Gasteiger charge is -2.03. The van der Waals surface area contributed by atoms with Gasteiger partial charge in [0, 0.05) is 11.8 Å². The van der Waals surface area contributed by atoms with Gasteiger partial charge in [0.1, 0.15) is 11.4 Å². The summed E-state index contributed by atoms with van der Waals surface area (Å²) < 4.78 is 0. The van der Waals surface area contributed by atoms with Crippen molar-refractivity contribution < 1.29 is 5.11 Å². The average Bonchev–Trinajstić information content (AvgIpc) is 2.39. The van der Waals surface area contributed by atoms with E-state index >= 15 is 0 Å². The fourth-order valence-corrected chi connectivity index (χ4v) is 1.60. The van der Waals surface area contributed by atoms with Crippen LogP contribution in [0.25, 0.3) is 11.3 Å². The first-order valence-electron chi connectivity index (χ1n) is 5.74. The molecule has 2 aromatic rings. The molecule has 0 radical (unpaired) electrons. The van der Waals surface area contributed by atoms with Gasteiger partial charge in [-0.25, -0.2) is 4.99 Å². The van der Waals surface area contributed by atoms with Crippen LogP contribution in [-0.4, -0.2) is 22.0 Å². The topological polar surface area (TPSA) is 136 Å². The highest BCUT2D eigenvalue weighted by atomic mass is 16.3. The quantitative estimate of drug-likeness (QED) is 0.469. The van der Waals surface area contributed by atoms with Gasteiger partial charge in [-0.05, 0) is 24.3 Å². The van der Waals surface area contributed by atoms with Gasteiger partial charge in [-0.15, -0.1) is 0 Å². The molecule has 0 bridgehead atoms. The molecule has 0 aliphatic heterocycles. The Labute approximate surface area is 115 Å². The largest absolute Gasteiger partial charge is 0.506 e. The van der Waals surface area contributed by atoms with Crippen molar-refractivity contribution in [2.24, 2.45) is 27.2 Å². The Morgan fingerprint density at radius 2 is 1.75 bits per heavy atom. The molecule has 0 spiro atoms. The van der Waals surface area contributed by atoms with Gasteiger partial charge in [-0.1, -0.05) is 12.1 Å². The van der Waals surface area contributed by atoms with Crippen LogP contribution in [0.4, 0.5) is 5.69 Å². The van der Waals surface area contributed by atoms with Crippen molar-refractivity contribution in [3.63, 3.8) is 0 Å². The van der Waals surface area contributed by atoms with Gasteiger partial charge in [0.15, 0.2) is 5.96 Å². The summed E-state index contributed by atoms with van der Waals surface area (Å²) in [6.07, 6.45) is 1.61. The number of guanidine groups is 2. The van der Waals surface area contributed by atoms with Crippen LogP contribution in [0.2, 0.25) is 0 Å². The maximum atomic E-state index is 9.72. The van der Waals surface area contributed by atoms with Crippen LogP contribution in [0.3, 0.4) is 0 Å². The third-order valence-corrected chi connectivity index (χ3v) is 2.41. The van der Waals surface area contributed by atoms with Crippen molar-refractivity contribution in [1.29, 1.82) is 0 Å². The molecule has 20 heavy (non-hydrogen) atoms. The smallest absolute Gasteiger partial charge is 0.223 e. The average molecular weight is 270 g/mol. The molecule has 0 amide bonds. The molecule has 0 aliphatic carbocycles. The minimum Gasteiger partial charge on any atom is -0.506 e. The second kappa shape index (κ2) is 5.70. The van der Waals surface area contributed by atoms with Crippen LogP contribution in [0, 0.1) is 0 Å². The fourth-order valence-electron chi connectivity index (χ4n) is 1.60. The summed E-state index contributed by atoms with van der Waals surface area (Å²) >= 11 is 0. The number of nitrogens with two attached hydrogens (primary N) is 3. The van der Waals surface area contributed by atoms with Crippen LogP contribution >= 0.6 is 0 Å². The van der Waals surface area contributed by atoms with Crippen molar-refractivity contribution in [2.75, 3.05) is 0 Å². The Balaban J connectivity index is 2.28. The number of hydrogen-bond acceptors (Lipinski definition) is 3. The summed E-state index contributed by atoms with van der Waals surface area (Å²) in [5, 5.41) is 9.72. The Kier molecular flexibility index (Phi) is 3.80. The lowest BCUT2D eigenvalue weighted by Crippen LogP contribution is -2.26. The maximum absolute atomic E-state index is 9.72. The second-order valence-electron chi connectivity index (χ2n) is 3.92. The molecule has 7 heteroatoms. The van der Waals surface area contributed by atoms with E-state index in [2.05, 4.69) is 15.0 Å². The van der Waals surface area contributed by atoms with Crippen LogP contribution < -0.4 is 17.2 Å². The standard InChI is InChI=1S/C13H14N6O/c14-12(15)19-13(16)18-9-5-3-8(4-6-9)11-10(20)2-1-7-17-11/h1-7,20H,(H6,14,15,16,18,19). The highest BCUT2D eigenvalue weighted by molar-refractivity contribution is 5.93. The molecule has 0 atom stereocenters. The van der Waals surface area contributed by atoms with Crippen LogP contribution in [-0.2, 0) is 0 Å². The molecule has 0 saturated heterocycles. The zero-order valence-electron chi connectivity index (χ0n) is 10.6. The Morgan fingerprint density at radius 3 is 2.35 bits per heavy atom.